The molecule has 0 aliphatic carbocycles. The summed E-state index contributed by atoms with van der Waals surface area (Å²) >= 11 is 1.50. The fourth-order valence-corrected chi connectivity index (χ4v) is 4.38. The minimum atomic E-state index is -0.614. The third-order valence-corrected chi connectivity index (χ3v) is 5.97. The van der Waals surface area contributed by atoms with E-state index in [1.165, 1.54) is 39.7 Å². The van der Waals surface area contributed by atoms with Gasteiger partial charge in [0.1, 0.15) is 11.8 Å². The molecule has 2 heterocycles. The first kappa shape index (κ1) is 21.4. The maximum atomic E-state index is 13.1. The summed E-state index contributed by atoms with van der Waals surface area (Å²) in [6, 6.07) is 12.2. The molecule has 164 valence electrons. The lowest BCUT2D eigenvalue weighted by molar-refractivity contribution is -0.384. The van der Waals surface area contributed by atoms with Crippen LogP contribution in [0.2, 0.25) is 0 Å². The maximum Gasteiger partial charge on any atom is 0.269 e. The number of amides is 2. The van der Waals surface area contributed by atoms with Crippen molar-refractivity contribution in [2.45, 2.75) is 6.04 Å². The van der Waals surface area contributed by atoms with E-state index in [0.29, 0.717) is 34.3 Å². The van der Waals surface area contributed by atoms with Crippen molar-refractivity contribution in [3.05, 3.63) is 76.6 Å². The van der Waals surface area contributed by atoms with Gasteiger partial charge in [-0.3, -0.25) is 19.7 Å². The van der Waals surface area contributed by atoms with E-state index in [1.54, 1.807) is 49.7 Å². The van der Waals surface area contributed by atoms with Gasteiger partial charge in [-0.1, -0.05) is 0 Å². The number of nitrogens with one attached hydrogen (secondary N) is 1. The van der Waals surface area contributed by atoms with Gasteiger partial charge in [-0.05, 0) is 36.4 Å². The molecule has 1 aliphatic heterocycles. The van der Waals surface area contributed by atoms with Gasteiger partial charge in [0.25, 0.3) is 11.6 Å². The standard InChI is InChI=1S/C21H19N5O5S/c1-31-18-8-2-15(3-9-18)23-20(27)19-12-32-13-24(19)21(28)14-10-22-25(11-14)16-4-6-17(7-5-16)26(29)30/h2-11,19H,12-13H2,1H3,(H,23,27). The van der Waals surface area contributed by atoms with Crippen LogP contribution < -0.4 is 10.1 Å². The van der Waals surface area contributed by atoms with Crippen LogP contribution in [-0.4, -0.2) is 56.2 Å². The molecule has 1 aromatic heterocycles. The number of hydrogen-bond acceptors (Lipinski definition) is 7. The topological polar surface area (TPSA) is 120 Å². The summed E-state index contributed by atoms with van der Waals surface area (Å²) in [5.74, 6) is 0.988. The number of rotatable bonds is 6. The van der Waals surface area contributed by atoms with Crippen LogP contribution in [0.1, 0.15) is 10.4 Å². The maximum absolute atomic E-state index is 13.1. The van der Waals surface area contributed by atoms with Crippen molar-refractivity contribution < 1.29 is 19.2 Å². The Bertz CT molecular complexity index is 1150. The largest absolute Gasteiger partial charge is 0.497 e. The zero-order chi connectivity index (χ0) is 22.7. The van der Waals surface area contributed by atoms with Gasteiger partial charge in [0.2, 0.25) is 5.91 Å². The fourth-order valence-electron chi connectivity index (χ4n) is 3.23. The zero-order valence-electron chi connectivity index (χ0n) is 17.0. The monoisotopic (exact) mass is 453 g/mol. The van der Waals surface area contributed by atoms with Crippen molar-refractivity contribution in [2.24, 2.45) is 0 Å². The van der Waals surface area contributed by atoms with Gasteiger partial charge in [-0.25, -0.2) is 4.68 Å². The van der Waals surface area contributed by atoms with E-state index < -0.39 is 11.0 Å². The van der Waals surface area contributed by atoms with E-state index in [4.69, 9.17) is 4.74 Å². The summed E-state index contributed by atoms with van der Waals surface area (Å²) in [5.41, 5.74) is 1.50. The summed E-state index contributed by atoms with van der Waals surface area (Å²) in [7, 11) is 1.57. The number of ether oxygens (including phenoxy) is 1. The molecule has 0 spiro atoms. The van der Waals surface area contributed by atoms with E-state index in [1.807, 2.05) is 0 Å². The number of nitro groups is 1. The van der Waals surface area contributed by atoms with Gasteiger partial charge in [0.15, 0.2) is 0 Å². The normalized spacial score (nSPS) is 15.4. The molecular formula is C21H19N5O5S. The van der Waals surface area contributed by atoms with Gasteiger partial charge < -0.3 is 15.0 Å². The molecule has 32 heavy (non-hydrogen) atoms. The van der Waals surface area contributed by atoms with Gasteiger partial charge >= 0.3 is 0 Å². The molecule has 4 rings (SSSR count). The second-order valence-corrected chi connectivity index (χ2v) is 7.96. The highest BCUT2D eigenvalue weighted by Gasteiger charge is 2.35. The lowest BCUT2D eigenvalue weighted by Crippen LogP contribution is -2.44. The highest BCUT2D eigenvalue weighted by molar-refractivity contribution is 7.99. The van der Waals surface area contributed by atoms with E-state index in [2.05, 4.69) is 10.4 Å². The number of carbonyl (C=O) groups excluding carboxylic acids is 2. The molecule has 2 aromatic carbocycles. The average Bonchev–Trinajstić information content (AvgIpc) is 3.49. The number of methoxy groups -OCH3 is 1. The molecular weight excluding hydrogens is 434 g/mol. The first-order valence-electron chi connectivity index (χ1n) is 9.59. The van der Waals surface area contributed by atoms with Crippen molar-refractivity contribution >= 4 is 35.0 Å². The molecule has 11 heteroatoms. The number of thioether (sulfide) groups is 1. The summed E-state index contributed by atoms with van der Waals surface area (Å²) in [4.78, 5) is 37.7. The lowest BCUT2D eigenvalue weighted by Gasteiger charge is -2.22. The van der Waals surface area contributed by atoms with Crippen molar-refractivity contribution in [3.63, 3.8) is 0 Å². The predicted molar refractivity (Wildman–Crippen MR) is 119 cm³/mol. The van der Waals surface area contributed by atoms with E-state index in [0.717, 1.165) is 0 Å². The van der Waals surface area contributed by atoms with Gasteiger partial charge in [0.05, 0.1) is 35.4 Å². The third kappa shape index (κ3) is 4.42. The number of aromatic nitrogens is 2. The number of hydrogen-bond donors (Lipinski definition) is 1. The minimum Gasteiger partial charge on any atom is -0.497 e. The summed E-state index contributed by atoms with van der Waals surface area (Å²) in [6.45, 7) is 0. The van der Waals surface area contributed by atoms with E-state index in [-0.39, 0.29) is 17.5 Å². The molecule has 2 amide bonds. The second-order valence-electron chi connectivity index (χ2n) is 6.96. The molecule has 1 fully saturated rings. The Morgan fingerprint density at radius 1 is 1.19 bits per heavy atom. The molecule has 3 aromatic rings. The van der Waals surface area contributed by atoms with Crippen molar-refractivity contribution in [1.82, 2.24) is 14.7 Å². The molecule has 10 nitrogen and oxygen atoms in total. The van der Waals surface area contributed by atoms with Crippen LogP contribution in [0, 0.1) is 10.1 Å². The molecule has 1 unspecified atom stereocenters. The van der Waals surface area contributed by atoms with Crippen LogP contribution in [0.25, 0.3) is 5.69 Å². The van der Waals surface area contributed by atoms with Gasteiger partial charge in [-0.2, -0.15) is 5.10 Å². The first-order valence-corrected chi connectivity index (χ1v) is 10.7. The Balaban J connectivity index is 1.46. The lowest BCUT2D eigenvalue weighted by atomic mass is 10.2. The summed E-state index contributed by atoms with van der Waals surface area (Å²) in [6.07, 6.45) is 2.97. The Morgan fingerprint density at radius 2 is 1.91 bits per heavy atom. The zero-order valence-corrected chi connectivity index (χ0v) is 17.8. The number of benzene rings is 2. The van der Waals surface area contributed by atoms with Crippen LogP contribution in [0.4, 0.5) is 11.4 Å². The van der Waals surface area contributed by atoms with Crippen molar-refractivity contribution in [1.29, 1.82) is 0 Å². The molecule has 1 atom stereocenters. The molecule has 0 radical (unpaired) electrons. The first-order chi connectivity index (χ1) is 15.5. The second kappa shape index (κ2) is 9.10. The third-order valence-electron chi connectivity index (χ3n) is 4.96. The van der Waals surface area contributed by atoms with Crippen molar-refractivity contribution in [2.75, 3.05) is 24.1 Å². The highest BCUT2D eigenvalue weighted by Crippen LogP contribution is 2.25. The number of nitro benzene ring substituents is 1. The van der Waals surface area contributed by atoms with E-state index >= 15 is 0 Å². The molecule has 0 bridgehead atoms. The Labute approximate surface area is 187 Å². The number of nitrogens with zero attached hydrogens (tertiary/aromatic N) is 4. The minimum absolute atomic E-state index is 0.0305. The quantitative estimate of drug-likeness (QED) is 0.450. The average molecular weight is 453 g/mol. The summed E-state index contributed by atoms with van der Waals surface area (Å²) in [5, 5.41) is 17.8. The van der Waals surface area contributed by atoms with Gasteiger partial charge in [-0.15, -0.1) is 11.8 Å². The number of anilines is 1. The molecule has 0 saturated carbocycles. The Kier molecular flexibility index (Phi) is 6.08. The number of carbonyl (C=O) groups is 2. The van der Waals surface area contributed by atoms with Crippen LogP contribution in [0.3, 0.4) is 0 Å². The fraction of sp³-hybridized carbons (Fsp3) is 0.190. The highest BCUT2D eigenvalue weighted by atomic mass is 32.2. The SMILES string of the molecule is COc1ccc(NC(=O)C2CSCN2C(=O)c2cnn(-c3ccc([N+](=O)[O-])cc3)c2)cc1. The van der Waals surface area contributed by atoms with Gasteiger partial charge in [0, 0.05) is 29.8 Å². The van der Waals surface area contributed by atoms with Crippen molar-refractivity contribution in [3.8, 4) is 11.4 Å². The van der Waals surface area contributed by atoms with E-state index in [9.17, 15) is 19.7 Å². The number of non-ortho nitro benzene ring substituents is 1. The smallest absolute Gasteiger partial charge is 0.269 e. The predicted octanol–water partition coefficient (Wildman–Crippen LogP) is 2.94. The molecule has 1 aliphatic rings. The molecule has 1 saturated heterocycles. The van der Waals surface area contributed by atoms with Crippen LogP contribution in [0.15, 0.2) is 60.9 Å². The van der Waals surface area contributed by atoms with Crippen LogP contribution in [0.5, 0.6) is 5.75 Å². The summed E-state index contributed by atoms with van der Waals surface area (Å²) < 4.78 is 6.58. The Hall–Kier alpha value is -3.86. The molecule has 1 N–H and O–H groups in total. The Morgan fingerprint density at radius 3 is 2.56 bits per heavy atom. The van der Waals surface area contributed by atoms with Crippen LogP contribution >= 0.6 is 11.8 Å². The van der Waals surface area contributed by atoms with Crippen LogP contribution in [-0.2, 0) is 4.79 Å².